The Balaban J connectivity index is 2.94. The van der Waals surface area contributed by atoms with Crippen LogP contribution in [0.4, 0.5) is 0 Å². The molecule has 1 aliphatic heterocycles. The second-order valence-corrected chi connectivity index (χ2v) is 11.0. The third-order valence-corrected chi connectivity index (χ3v) is 7.19. The van der Waals surface area contributed by atoms with Crippen molar-refractivity contribution in [2.75, 3.05) is 13.7 Å². The van der Waals surface area contributed by atoms with Crippen LogP contribution in [0, 0.1) is 22.7 Å². The fourth-order valence-electron chi connectivity index (χ4n) is 3.99. The molecule has 1 aliphatic rings. The van der Waals surface area contributed by atoms with Gasteiger partial charge in [-0.25, -0.2) is 0 Å². The van der Waals surface area contributed by atoms with E-state index in [0.29, 0.717) is 23.4 Å². The van der Waals surface area contributed by atoms with Crippen molar-refractivity contribution < 1.29 is 4.74 Å². The number of ether oxygens (including phenoxy) is 1. The molecule has 2 heteroatoms. The Hall–Kier alpha value is -0.0800. The molecule has 0 aromatic rings. The summed E-state index contributed by atoms with van der Waals surface area (Å²) in [7, 11) is 2.27. The zero-order chi connectivity index (χ0) is 18.4. The van der Waals surface area contributed by atoms with Crippen molar-refractivity contribution in [3.8, 4) is 0 Å². The van der Waals surface area contributed by atoms with E-state index in [9.17, 15) is 0 Å². The number of nitrogens with zero attached hydrogens (tertiary/aromatic N) is 1. The van der Waals surface area contributed by atoms with Crippen LogP contribution in [-0.2, 0) is 4.74 Å². The Morgan fingerprint density at radius 2 is 1.35 bits per heavy atom. The first-order chi connectivity index (χ1) is 10.0. The van der Waals surface area contributed by atoms with E-state index in [4.69, 9.17) is 4.74 Å². The highest BCUT2D eigenvalue weighted by molar-refractivity contribution is 5.02. The molecule has 0 saturated carbocycles. The number of hydrogen-bond donors (Lipinski definition) is 0. The Morgan fingerprint density at radius 3 is 1.70 bits per heavy atom. The maximum absolute atomic E-state index is 6.44. The molecule has 0 bridgehead atoms. The molecule has 1 fully saturated rings. The third kappa shape index (κ3) is 4.12. The molecule has 0 spiro atoms. The normalized spacial score (nSPS) is 28.3. The quantitative estimate of drug-likeness (QED) is 0.669. The van der Waals surface area contributed by atoms with E-state index in [0.717, 1.165) is 13.0 Å². The van der Waals surface area contributed by atoms with Crippen molar-refractivity contribution in [3.63, 3.8) is 0 Å². The minimum Gasteiger partial charge on any atom is -0.376 e. The second kappa shape index (κ2) is 6.33. The molecule has 0 aliphatic carbocycles. The third-order valence-electron chi connectivity index (χ3n) is 7.19. The van der Waals surface area contributed by atoms with Gasteiger partial charge in [0.1, 0.15) is 0 Å². The first-order valence-corrected chi connectivity index (χ1v) is 9.38. The summed E-state index contributed by atoms with van der Waals surface area (Å²) in [4.78, 5) is 2.55. The van der Waals surface area contributed by atoms with Gasteiger partial charge in [0.2, 0.25) is 0 Å². The van der Waals surface area contributed by atoms with Gasteiger partial charge in [0.15, 0.2) is 0 Å². The summed E-state index contributed by atoms with van der Waals surface area (Å²) >= 11 is 0. The van der Waals surface area contributed by atoms with Gasteiger partial charge in [-0.3, -0.25) is 4.90 Å². The molecule has 1 heterocycles. The van der Waals surface area contributed by atoms with Gasteiger partial charge in [-0.1, -0.05) is 48.5 Å². The summed E-state index contributed by atoms with van der Waals surface area (Å²) < 4.78 is 6.44. The van der Waals surface area contributed by atoms with Crippen LogP contribution >= 0.6 is 0 Å². The highest BCUT2D eigenvalue weighted by Gasteiger charge is 2.48. The lowest BCUT2D eigenvalue weighted by atomic mass is 9.68. The van der Waals surface area contributed by atoms with Crippen molar-refractivity contribution in [3.05, 3.63) is 0 Å². The average Bonchev–Trinajstić information content (AvgIpc) is 2.34. The van der Waals surface area contributed by atoms with Gasteiger partial charge in [0.25, 0.3) is 0 Å². The van der Waals surface area contributed by atoms with E-state index in [2.05, 4.69) is 88.1 Å². The number of hydrogen-bond acceptors (Lipinski definition) is 2. The lowest BCUT2D eigenvalue weighted by Gasteiger charge is -2.56. The molecule has 2 nitrogen and oxygen atoms in total. The average molecular weight is 326 g/mol. The zero-order valence-electron chi connectivity index (χ0n) is 18.0. The van der Waals surface area contributed by atoms with Gasteiger partial charge in [0.05, 0.1) is 12.7 Å². The smallest absolute Gasteiger partial charge is 0.0756 e. The standard InChI is InChI=1S/C21H43NO/c1-15-13-17(23-14-16(15)18(2,3)4)20(8,9)22(12)21(10,11)19(5,6)7/h15-17H,13-14H2,1-12H3. The highest BCUT2D eigenvalue weighted by Crippen LogP contribution is 2.44. The maximum atomic E-state index is 6.44. The van der Waals surface area contributed by atoms with Gasteiger partial charge in [-0.15, -0.1) is 0 Å². The predicted octanol–water partition coefficient (Wildman–Crippen LogP) is 5.61. The molecule has 1 rings (SSSR count). The van der Waals surface area contributed by atoms with Gasteiger partial charge in [-0.2, -0.15) is 0 Å². The molecule has 0 aromatic heterocycles. The number of likely N-dealkylation sites (N-methyl/N-ethyl adjacent to an activating group) is 1. The van der Waals surface area contributed by atoms with Gasteiger partial charge >= 0.3 is 0 Å². The first-order valence-electron chi connectivity index (χ1n) is 9.38. The van der Waals surface area contributed by atoms with Crippen LogP contribution in [-0.4, -0.2) is 35.7 Å². The minimum absolute atomic E-state index is 0.0217. The maximum Gasteiger partial charge on any atom is 0.0756 e. The van der Waals surface area contributed by atoms with E-state index in [1.807, 2.05) is 0 Å². The monoisotopic (exact) mass is 325 g/mol. The molecule has 1 saturated heterocycles. The summed E-state index contributed by atoms with van der Waals surface area (Å²) in [6, 6.07) is 0. The lowest BCUT2D eigenvalue weighted by molar-refractivity contribution is -0.153. The van der Waals surface area contributed by atoms with Crippen LogP contribution in [0.25, 0.3) is 0 Å². The molecule has 3 atom stereocenters. The Kier molecular flexibility index (Phi) is 5.77. The summed E-state index contributed by atoms with van der Waals surface area (Å²) in [5.41, 5.74) is 0.663. The zero-order valence-corrected chi connectivity index (χ0v) is 18.0. The molecule has 138 valence electrons. The van der Waals surface area contributed by atoms with E-state index in [1.165, 1.54) is 0 Å². The van der Waals surface area contributed by atoms with Crippen molar-refractivity contribution >= 4 is 0 Å². The fourth-order valence-corrected chi connectivity index (χ4v) is 3.99. The second-order valence-electron chi connectivity index (χ2n) is 11.0. The Morgan fingerprint density at radius 1 is 0.870 bits per heavy atom. The molecular formula is C21H43NO. The lowest BCUT2D eigenvalue weighted by Crippen LogP contribution is -2.64. The van der Waals surface area contributed by atoms with Crippen molar-refractivity contribution in [1.29, 1.82) is 0 Å². The molecule has 0 radical (unpaired) electrons. The van der Waals surface area contributed by atoms with Crippen LogP contribution < -0.4 is 0 Å². The largest absolute Gasteiger partial charge is 0.376 e. The van der Waals surface area contributed by atoms with E-state index >= 15 is 0 Å². The molecule has 0 amide bonds. The van der Waals surface area contributed by atoms with Crippen molar-refractivity contribution in [1.82, 2.24) is 4.90 Å². The Bertz CT molecular complexity index is 397. The molecule has 0 N–H and O–H groups in total. The highest BCUT2D eigenvalue weighted by atomic mass is 16.5. The summed E-state index contributed by atoms with van der Waals surface area (Å²) in [6.07, 6.45) is 1.45. The summed E-state index contributed by atoms with van der Waals surface area (Å²) in [6.45, 7) is 26.8. The van der Waals surface area contributed by atoms with Crippen molar-refractivity contribution in [2.24, 2.45) is 22.7 Å². The summed E-state index contributed by atoms with van der Waals surface area (Å²) in [5, 5.41) is 0. The van der Waals surface area contributed by atoms with Crippen LogP contribution in [0.15, 0.2) is 0 Å². The van der Waals surface area contributed by atoms with Crippen LogP contribution in [0.5, 0.6) is 0 Å². The topological polar surface area (TPSA) is 12.5 Å². The first kappa shape index (κ1) is 21.0. The minimum atomic E-state index is 0.0217. The van der Waals surface area contributed by atoms with E-state index < -0.39 is 0 Å². The van der Waals surface area contributed by atoms with Crippen LogP contribution in [0.1, 0.15) is 82.6 Å². The van der Waals surface area contributed by atoms with Crippen molar-refractivity contribution in [2.45, 2.75) is 99.8 Å². The van der Waals surface area contributed by atoms with Gasteiger partial charge in [-0.05, 0) is 63.8 Å². The van der Waals surface area contributed by atoms with Gasteiger partial charge in [0, 0.05) is 11.1 Å². The molecule has 3 unspecified atom stereocenters. The fraction of sp³-hybridized carbons (Fsp3) is 1.00. The molecular weight excluding hydrogens is 282 g/mol. The summed E-state index contributed by atoms with van der Waals surface area (Å²) in [5.74, 6) is 1.36. The van der Waals surface area contributed by atoms with Crippen LogP contribution in [0.3, 0.4) is 0 Å². The Labute approximate surface area is 146 Å². The molecule has 23 heavy (non-hydrogen) atoms. The van der Waals surface area contributed by atoms with Gasteiger partial charge < -0.3 is 4.74 Å². The van der Waals surface area contributed by atoms with Crippen LogP contribution in [0.2, 0.25) is 0 Å². The molecule has 0 aromatic carbocycles. The predicted molar refractivity (Wildman–Crippen MR) is 102 cm³/mol. The van der Waals surface area contributed by atoms with E-state index in [-0.39, 0.29) is 16.5 Å². The SMILES string of the molecule is CC1CC(C(C)(C)N(C)C(C)(C)C(C)(C)C)OCC1C(C)(C)C. The number of rotatable bonds is 3. The van der Waals surface area contributed by atoms with E-state index in [1.54, 1.807) is 0 Å².